The van der Waals surface area contributed by atoms with Crippen LogP contribution in [0.2, 0.25) is 0 Å². The first-order chi connectivity index (χ1) is 9.97. The summed E-state index contributed by atoms with van der Waals surface area (Å²) in [6, 6.07) is 3.47. The molecule has 0 atom stereocenters. The number of nitrogens with zero attached hydrogens (tertiary/aromatic N) is 1. The van der Waals surface area contributed by atoms with E-state index in [0.29, 0.717) is 25.1 Å². The van der Waals surface area contributed by atoms with Gasteiger partial charge in [-0.3, -0.25) is 0 Å². The van der Waals surface area contributed by atoms with Crippen LogP contribution in [0.5, 0.6) is 5.75 Å². The number of aromatic hydroxyl groups is 1. The Kier molecular flexibility index (Phi) is 4.13. The van der Waals surface area contributed by atoms with Crippen LogP contribution < -0.4 is 0 Å². The predicted molar refractivity (Wildman–Crippen MR) is 83.7 cm³/mol. The van der Waals surface area contributed by atoms with Crippen LogP contribution in [0.25, 0.3) is 0 Å². The summed E-state index contributed by atoms with van der Waals surface area (Å²) >= 11 is 0. The van der Waals surface area contributed by atoms with Crippen LogP contribution in [0.1, 0.15) is 51.3 Å². The summed E-state index contributed by atoms with van der Waals surface area (Å²) in [6.45, 7) is 9.72. The summed E-state index contributed by atoms with van der Waals surface area (Å²) in [4.78, 5) is 13.7. The minimum atomic E-state index is -1.01. The van der Waals surface area contributed by atoms with Gasteiger partial charge in [0.25, 0.3) is 0 Å². The van der Waals surface area contributed by atoms with Crippen molar-refractivity contribution in [3.05, 3.63) is 28.8 Å². The van der Waals surface area contributed by atoms with Gasteiger partial charge in [-0.2, -0.15) is 0 Å². The fraction of sp³-hybridized carbons (Fsp3) is 0.588. The predicted octanol–water partition coefficient (Wildman–Crippen LogP) is 2.91. The van der Waals surface area contributed by atoms with E-state index < -0.39 is 11.2 Å². The van der Waals surface area contributed by atoms with Crippen LogP contribution in [0.3, 0.4) is 0 Å². The normalized spacial score (nSPS) is 15.5. The molecule has 0 fully saturated rings. The van der Waals surface area contributed by atoms with E-state index in [2.05, 4.69) is 0 Å². The summed E-state index contributed by atoms with van der Waals surface area (Å²) < 4.78 is 5.38. The standard InChI is InChI=1S/C17H25NO4/c1-16(2,3)22-15(20)18-7-6-11-8-12(17(4,5)21)9-14(19)13(11)10-18/h8-9,19,21H,6-7,10H2,1-5H3. The number of hydrogen-bond acceptors (Lipinski definition) is 4. The molecule has 5 nitrogen and oxygen atoms in total. The highest BCUT2D eigenvalue weighted by atomic mass is 16.6. The largest absolute Gasteiger partial charge is 0.508 e. The molecule has 0 spiro atoms. The number of phenols is 1. The van der Waals surface area contributed by atoms with Crippen LogP contribution in [-0.4, -0.2) is 33.4 Å². The maximum absolute atomic E-state index is 12.1. The Morgan fingerprint density at radius 1 is 1.23 bits per heavy atom. The molecular formula is C17H25NO4. The average molecular weight is 307 g/mol. The summed E-state index contributed by atoms with van der Waals surface area (Å²) in [5.41, 5.74) is 0.829. The molecule has 1 aromatic carbocycles. The molecule has 1 heterocycles. The molecule has 0 unspecified atom stereocenters. The van der Waals surface area contributed by atoms with Gasteiger partial charge in [0.1, 0.15) is 11.4 Å². The van der Waals surface area contributed by atoms with Crippen LogP contribution >= 0.6 is 0 Å². The number of benzene rings is 1. The number of ether oxygens (including phenoxy) is 1. The molecule has 2 rings (SSSR count). The number of carbonyl (C=O) groups excluding carboxylic acids is 1. The van der Waals surface area contributed by atoms with E-state index in [4.69, 9.17) is 4.74 Å². The highest BCUT2D eigenvalue weighted by Gasteiger charge is 2.28. The highest BCUT2D eigenvalue weighted by molar-refractivity contribution is 5.69. The number of hydrogen-bond donors (Lipinski definition) is 2. The van der Waals surface area contributed by atoms with Gasteiger partial charge in [-0.1, -0.05) is 6.07 Å². The van der Waals surface area contributed by atoms with E-state index in [9.17, 15) is 15.0 Å². The molecule has 0 aliphatic carbocycles. The molecule has 5 heteroatoms. The van der Waals surface area contributed by atoms with Crippen molar-refractivity contribution in [1.82, 2.24) is 4.90 Å². The molecule has 0 radical (unpaired) electrons. The van der Waals surface area contributed by atoms with Gasteiger partial charge in [-0.15, -0.1) is 0 Å². The first kappa shape index (κ1) is 16.6. The van der Waals surface area contributed by atoms with Crippen molar-refractivity contribution in [3.8, 4) is 5.75 Å². The van der Waals surface area contributed by atoms with Crippen LogP contribution in [0.15, 0.2) is 12.1 Å². The number of carbonyl (C=O) groups is 1. The summed E-state index contributed by atoms with van der Waals surface area (Å²) in [7, 11) is 0. The van der Waals surface area contributed by atoms with Crippen molar-refractivity contribution in [2.45, 2.75) is 58.8 Å². The Bertz CT molecular complexity index is 582. The van der Waals surface area contributed by atoms with Gasteiger partial charge in [-0.05, 0) is 58.2 Å². The number of aliphatic hydroxyl groups is 1. The Morgan fingerprint density at radius 3 is 2.41 bits per heavy atom. The minimum absolute atomic E-state index is 0.114. The Labute approximate surface area is 131 Å². The van der Waals surface area contributed by atoms with E-state index in [1.165, 1.54) is 0 Å². The fourth-order valence-electron chi connectivity index (χ4n) is 2.48. The van der Waals surface area contributed by atoms with Crippen molar-refractivity contribution >= 4 is 6.09 Å². The second-order valence-corrected chi connectivity index (χ2v) is 7.34. The highest BCUT2D eigenvalue weighted by Crippen LogP contribution is 2.33. The quantitative estimate of drug-likeness (QED) is 0.837. The van der Waals surface area contributed by atoms with Crippen molar-refractivity contribution in [2.75, 3.05) is 6.54 Å². The average Bonchev–Trinajstić information content (AvgIpc) is 2.35. The van der Waals surface area contributed by atoms with Gasteiger partial charge in [-0.25, -0.2) is 4.79 Å². The molecule has 1 aromatic rings. The third-order valence-electron chi connectivity index (χ3n) is 3.68. The molecule has 1 aliphatic rings. The molecule has 0 saturated carbocycles. The Hall–Kier alpha value is -1.75. The molecule has 1 amide bonds. The van der Waals surface area contributed by atoms with Gasteiger partial charge in [0.2, 0.25) is 0 Å². The topological polar surface area (TPSA) is 70.0 Å². The first-order valence-corrected chi connectivity index (χ1v) is 7.53. The molecule has 0 bridgehead atoms. The van der Waals surface area contributed by atoms with Crippen molar-refractivity contribution in [3.63, 3.8) is 0 Å². The van der Waals surface area contributed by atoms with E-state index in [-0.39, 0.29) is 11.8 Å². The Balaban J connectivity index is 2.23. The Morgan fingerprint density at radius 2 is 1.86 bits per heavy atom. The number of amides is 1. The van der Waals surface area contributed by atoms with Crippen molar-refractivity contribution in [2.24, 2.45) is 0 Å². The molecule has 2 N–H and O–H groups in total. The second-order valence-electron chi connectivity index (χ2n) is 7.34. The van der Waals surface area contributed by atoms with Gasteiger partial charge in [0.15, 0.2) is 0 Å². The lowest BCUT2D eigenvalue weighted by atomic mass is 9.90. The maximum atomic E-state index is 12.1. The zero-order chi connectivity index (χ0) is 16.7. The van der Waals surface area contributed by atoms with Gasteiger partial charge >= 0.3 is 6.09 Å². The minimum Gasteiger partial charge on any atom is -0.508 e. The third-order valence-corrected chi connectivity index (χ3v) is 3.68. The van der Waals surface area contributed by atoms with Crippen LogP contribution in [-0.2, 0) is 23.3 Å². The first-order valence-electron chi connectivity index (χ1n) is 7.53. The number of phenolic OH excluding ortho intramolecular Hbond substituents is 1. The molecule has 22 heavy (non-hydrogen) atoms. The monoisotopic (exact) mass is 307 g/mol. The van der Waals surface area contributed by atoms with Crippen LogP contribution in [0.4, 0.5) is 4.79 Å². The van der Waals surface area contributed by atoms with Crippen molar-refractivity contribution < 1.29 is 19.7 Å². The summed E-state index contributed by atoms with van der Waals surface area (Å²) in [5, 5.41) is 20.3. The van der Waals surface area contributed by atoms with Gasteiger partial charge in [0.05, 0.1) is 12.1 Å². The van der Waals surface area contributed by atoms with E-state index in [0.717, 1.165) is 11.1 Å². The van der Waals surface area contributed by atoms with Gasteiger partial charge < -0.3 is 19.8 Å². The van der Waals surface area contributed by atoms with Crippen molar-refractivity contribution in [1.29, 1.82) is 0 Å². The smallest absolute Gasteiger partial charge is 0.410 e. The van der Waals surface area contributed by atoms with E-state index in [1.807, 2.05) is 26.8 Å². The van der Waals surface area contributed by atoms with Crippen LogP contribution in [0, 0.1) is 0 Å². The van der Waals surface area contributed by atoms with Gasteiger partial charge in [0, 0.05) is 12.1 Å². The van der Waals surface area contributed by atoms with E-state index >= 15 is 0 Å². The lowest BCUT2D eigenvalue weighted by Gasteiger charge is -2.32. The second kappa shape index (κ2) is 5.47. The molecule has 122 valence electrons. The number of fused-ring (bicyclic) bond motifs is 1. The molecule has 0 saturated heterocycles. The lowest BCUT2D eigenvalue weighted by molar-refractivity contribution is 0.0221. The fourth-order valence-corrected chi connectivity index (χ4v) is 2.48. The molecule has 1 aliphatic heterocycles. The zero-order valence-electron chi connectivity index (χ0n) is 13.9. The third kappa shape index (κ3) is 3.71. The van der Waals surface area contributed by atoms with E-state index in [1.54, 1.807) is 24.8 Å². The zero-order valence-corrected chi connectivity index (χ0v) is 13.9. The molecule has 0 aromatic heterocycles. The maximum Gasteiger partial charge on any atom is 0.410 e. The molecular weight excluding hydrogens is 282 g/mol. The summed E-state index contributed by atoms with van der Waals surface area (Å²) in [6.07, 6.45) is 0.260. The number of rotatable bonds is 1. The lowest BCUT2D eigenvalue weighted by Crippen LogP contribution is -2.40. The summed E-state index contributed by atoms with van der Waals surface area (Å²) in [5.74, 6) is 0.114. The SMILES string of the molecule is CC(C)(C)OC(=O)N1CCc2cc(C(C)(C)O)cc(O)c2C1.